The highest BCUT2D eigenvalue weighted by Crippen LogP contribution is 2.35. The van der Waals surface area contributed by atoms with Gasteiger partial charge >= 0.3 is 0 Å². The molecule has 0 aromatic heterocycles. The summed E-state index contributed by atoms with van der Waals surface area (Å²) in [6.07, 6.45) is 3.36. The topological polar surface area (TPSA) is 29.3 Å². The molecule has 2 N–H and O–H groups in total. The number of nitrogens with zero attached hydrogens (tertiary/aromatic N) is 1. The van der Waals surface area contributed by atoms with Crippen LogP contribution in [0.2, 0.25) is 10.0 Å². The molecule has 1 aromatic rings. The van der Waals surface area contributed by atoms with E-state index in [0.717, 1.165) is 36.5 Å². The van der Waals surface area contributed by atoms with Gasteiger partial charge in [-0.05, 0) is 50.0 Å². The Labute approximate surface area is 119 Å². The Morgan fingerprint density at radius 1 is 1.39 bits per heavy atom. The number of likely N-dealkylation sites (tertiary alicyclic amines) is 1. The average molecular weight is 287 g/mol. The van der Waals surface area contributed by atoms with Crippen molar-refractivity contribution in [3.8, 4) is 0 Å². The molecule has 2 unspecified atom stereocenters. The number of nitrogens with two attached hydrogens (primary N) is 1. The van der Waals surface area contributed by atoms with Gasteiger partial charge in [-0.15, -0.1) is 0 Å². The number of benzene rings is 1. The fraction of sp³-hybridized carbons (Fsp3) is 0.571. The first-order valence-corrected chi connectivity index (χ1v) is 7.33. The summed E-state index contributed by atoms with van der Waals surface area (Å²) in [4.78, 5) is 2.45. The fourth-order valence-corrected chi connectivity index (χ4v) is 3.32. The molecular weight excluding hydrogens is 267 g/mol. The molecule has 1 aromatic carbocycles. The lowest BCUT2D eigenvalue weighted by Gasteiger charge is -2.40. The summed E-state index contributed by atoms with van der Waals surface area (Å²) in [5, 5.41) is 1.40. The maximum atomic E-state index is 6.33. The minimum Gasteiger partial charge on any atom is -0.326 e. The van der Waals surface area contributed by atoms with E-state index in [0.29, 0.717) is 5.02 Å². The molecule has 0 spiro atoms. The Morgan fingerprint density at radius 2 is 2.17 bits per heavy atom. The number of piperidine rings is 1. The Morgan fingerprint density at radius 3 is 2.83 bits per heavy atom. The Hall–Kier alpha value is -0.280. The number of hydrogen-bond acceptors (Lipinski definition) is 2. The molecule has 0 amide bonds. The van der Waals surface area contributed by atoms with Gasteiger partial charge in [0.2, 0.25) is 0 Å². The van der Waals surface area contributed by atoms with Gasteiger partial charge in [0, 0.05) is 16.1 Å². The van der Waals surface area contributed by atoms with Crippen LogP contribution in [0, 0.1) is 0 Å². The lowest BCUT2D eigenvalue weighted by atomic mass is 9.91. The third-order valence-corrected chi connectivity index (χ3v) is 4.14. The molecule has 18 heavy (non-hydrogen) atoms. The van der Waals surface area contributed by atoms with Crippen molar-refractivity contribution in [2.24, 2.45) is 5.73 Å². The largest absolute Gasteiger partial charge is 0.326 e. The minimum atomic E-state index is 0.156. The summed E-state index contributed by atoms with van der Waals surface area (Å²) in [6.45, 7) is 4.36. The van der Waals surface area contributed by atoms with Gasteiger partial charge in [0.05, 0.1) is 6.04 Å². The van der Waals surface area contributed by atoms with Crippen molar-refractivity contribution in [3.63, 3.8) is 0 Å². The second-order valence-electron chi connectivity index (χ2n) is 4.95. The Bertz CT molecular complexity index is 407. The van der Waals surface area contributed by atoms with Gasteiger partial charge < -0.3 is 5.73 Å². The predicted octanol–water partition coefficient (Wildman–Crippen LogP) is 3.87. The van der Waals surface area contributed by atoms with Gasteiger partial charge in [0.15, 0.2) is 0 Å². The molecule has 2 rings (SSSR count). The highest BCUT2D eigenvalue weighted by atomic mass is 35.5. The highest BCUT2D eigenvalue weighted by molar-refractivity contribution is 6.35. The van der Waals surface area contributed by atoms with E-state index in [2.05, 4.69) is 11.8 Å². The van der Waals surface area contributed by atoms with Gasteiger partial charge in [-0.25, -0.2) is 0 Å². The zero-order valence-electron chi connectivity index (χ0n) is 10.7. The molecule has 0 saturated carbocycles. The molecule has 2 nitrogen and oxygen atoms in total. The fourth-order valence-electron chi connectivity index (χ4n) is 2.80. The second kappa shape index (κ2) is 6.25. The van der Waals surface area contributed by atoms with Crippen molar-refractivity contribution in [1.82, 2.24) is 4.90 Å². The standard InChI is InChI=1S/C14H20Cl2N2/c1-2-7-18-8-3-4-13(17)14(18)11-6-5-10(15)9-12(11)16/h5-6,9,13-14H,2-4,7-8,17H2,1H3. The highest BCUT2D eigenvalue weighted by Gasteiger charge is 2.31. The van der Waals surface area contributed by atoms with Gasteiger partial charge in [-0.3, -0.25) is 4.90 Å². The van der Waals surface area contributed by atoms with E-state index in [-0.39, 0.29) is 12.1 Å². The van der Waals surface area contributed by atoms with Crippen LogP contribution in [-0.2, 0) is 0 Å². The van der Waals surface area contributed by atoms with Crippen LogP contribution in [0.25, 0.3) is 0 Å². The average Bonchev–Trinajstić information content (AvgIpc) is 2.31. The first-order valence-electron chi connectivity index (χ1n) is 6.58. The lowest BCUT2D eigenvalue weighted by Crippen LogP contribution is -2.46. The molecule has 0 radical (unpaired) electrons. The predicted molar refractivity (Wildman–Crippen MR) is 78.3 cm³/mol. The summed E-state index contributed by atoms with van der Waals surface area (Å²) >= 11 is 12.3. The summed E-state index contributed by atoms with van der Waals surface area (Å²) in [5.74, 6) is 0. The molecule has 1 aliphatic rings. The third-order valence-electron chi connectivity index (χ3n) is 3.57. The van der Waals surface area contributed by atoms with Crippen LogP contribution in [0.1, 0.15) is 37.8 Å². The van der Waals surface area contributed by atoms with Gasteiger partial charge in [0.1, 0.15) is 0 Å². The van der Waals surface area contributed by atoms with E-state index in [4.69, 9.17) is 28.9 Å². The van der Waals surface area contributed by atoms with Crippen molar-refractivity contribution < 1.29 is 0 Å². The number of rotatable bonds is 3. The van der Waals surface area contributed by atoms with Gasteiger partial charge in [0.25, 0.3) is 0 Å². The van der Waals surface area contributed by atoms with Gasteiger partial charge in [-0.2, -0.15) is 0 Å². The number of hydrogen-bond donors (Lipinski definition) is 1. The minimum absolute atomic E-state index is 0.156. The molecule has 1 saturated heterocycles. The SMILES string of the molecule is CCCN1CCCC(N)C1c1ccc(Cl)cc1Cl. The molecule has 2 atom stereocenters. The van der Waals surface area contributed by atoms with E-state index in [1.165, 1.54) is 6.42 Å². The van der Waals surface area contributed by atoms with Crippen LogP contribution in [0.5, 0.6) is 0 Å². The summed E-state index contributed by atoms with van der Waals surface area (Å²) in [5.41, 5.74) is 7.42. The first kappa shape index (κ1) is 14.1. The van der Waals surface area contributed by atoms with Crippen LogP contribution >= 0.6 is 23.2 Å². The summed E-state index contributed by atoms with van der Waals surface area (Å²) < 4.78 is 0. The smallest absolute Gasteiger partial charge is 0.0513 e. The first-order chi connectivity index (χ1) is 8.63. The van der Waals surface area contributed by atoms with Crippen molar-refractivity contribution in [2.75, 3.05) is 13.1 Å². The van der Waals surface area contributed by atoms with Crippen molar-refractivity contribution in [3.05, 3.63) is 33.8 Å². The van der Waals surface area contributed by atoms with Crippen LogP contribution in [0.15, 0.2) is 18.2 Å². The normalized spacial score (nSPS) is 25.3. The van der Waals surface area contributed by atoms with E-state index >= 15 is 0 Å². The summed E-state index contributed by atoms with van der Waals surface area (Å²) in [7, 11) is 0. The second-order valence-corrected chi connectivity index (χ2v) is 5.80. The maximum absolute atomic E-state index is 6.33. The van der Waals surface area contributed by atoms with Crippen molar-refractivity contribution in [2.45, 2.75) is 38.3 Å². The zero-order valence-corrected chi connectivity index (χ0v) is 12.2. The molecule has 0 bridgehead atoms. The van der Waals surface area contributed by atoms with Crippen LogP contribution in [-0.4, -0.2) is 24.0 Å². The number of halogens is 2. The van der Waals surface area contributed by atoms with E-state index in [1.54, 1.807) is 0 Å². The molecule has 1 aliphatic heterocycles. The third kappa shape index (κ3) is 3.00. The Balaban J connectivity index is 2.31. The molecular formula is C14H20Cl2N2. The van der Waals surface area contributed by atoms with Crippen molar-refractivity contribution >= 4 is 23.2 Å². The van der Waals surface area contributed by atoms with Crippen LogP contribution in [0.4, 0.5) is 0 Å². The van der Waals surface area contributed by atoms with Crippen LogP contribution < -0.4 is 5.73 Å². The van der Waals surface area contributed by atoms with E-state index in [9.17, 15) is 0 Å². The zero-order chi connectivity index (χ0) is 13.1. The van der Waals surface area contributed by atoms with E-state index in [1.807, 2.05) is 18.2 Å². The van der Waals surface area contributed by atoms with Crippen molar-refractivity contribution in [1.29, 1.82) is 0 Å². The molecule has 100 valence electrons. The maximum Gasteiger partial charge on any atom is 0.0513 e. The molecule has 1 fully saturated rings. The lowest BCUT2D eigenvalue weighted by molar-refractivity contribution is 0.129. The monoisotopic (exact) mass is 286 g/mol. The van der Waals surface area contributed by atoms with E-state index < -0.39 is 0 Å². The Kier molecular flexibility index (Phi) is 4.91. The van der Waals surface area contributed by atoms with Gasteiger partial charge in [-0.1, -0.05) is 36.2 Å². The molecule has 1 heterocycles. The van der Waals surface area contributed by atoms with Crippen LogP contribution in [0.3, 0.4) is 0 Å². The summed E-state index contributed by atoms with van der Waals surface area (Å²) in [6, 6.07) is 6.11. The molecule has 0 aliphatic carbocycles. The molecule has 4 heteroatoms. The quantitative estimate of drug-likeness (QED) is 0.914.